The zero-order valence-electron chi connectivity index (χ0n) is 20.2. The number of fused-ring (bicyclic) bond motifs is 1. The summed E-state index contributed by atoms with van der Waals surface area (Å²) in [6.45, 7) is 1.80. The largest absolute Gasteiger partial charge is 0.352 e. The number of benzene rings is 2. The third-order valence-electron chi connectivity index (χ3n) is 6.80. The van der Waals surface area contributed by atoms with Crippen LogP contribution in [0.1, 0.15) is 61.4 Å². The molecule has 4 rings (SSSR count). The number of hydrogen-bond acceptors (Lipinski definition) is 5. The Kier molecular flexibility index (Phi) is 8.00. The molecule has 0 radical (unpaired) electrons. The fourth-order valence-corrected chi connectivity index (χ4v) is 6.46. The number of carbonyl (C=O) groups excluding carboxylic acids is 3. The number of carbonyl (C=O) groups is 3. The molecule has 2 aliphatic rings. The van der Waals surface area contributed by atoms with Crippen LogP contribution in [0.25, 0.3) is 0 Å². The molecule has 2 aromatic carbocycles. The van der Waals surface area contributed by atoms with Crippen LogP contribution in [-0.2, 0) is 26.2 Å². The van der Waals surface area contributed by atoms with E-state index in [9.17, 15) is 22.8 Å². The molecular weight excluding hydrogens is 502 g/mol. The molecule has 192 valence electrons. The summed E-state index contributed by atoms with van der Waals surface area (Å²) >= 11 is 5.99. The number of halogens is 1. The van der Waals surface area contributed by atoms with E-state index >= 15 is 0 Å². The number of sulfonamides is 1. The predicted molar refractivity (Wildman–Crippen MR) is 136 cm³/mol. The minimum atomic E-state index is -3.93. The van der Waals surface area contributed by atoms with Crippen molar-refractivity contribution in [3.8, 4) is 0 Å². The van der Waals surface area contributed by atoms with Gasteiger partial charge in [0.1, 0.15) is 10.9 Å². The van der Waals surface area contributed by atoms with Crippen molar-refractivity contribution in [1.29, 1.82) is 0 Å². The Morgan fingerprint density at radius 2 is 1.78 bits per heavy atom. The molecule has 0 spiro atoms. The highest BCUT2D eigenvalue weighted by molar-refractivity contribution is 7.90. The Labute approximate surface area is 216 Å². The minimum Gasteiger partial charge on any atom is -0.352 e. The van der Waals surface area contributed by atoms with Crippen LogP contribution in [0, 0.1) is 0 Å². The quantitative estimate of drug-likeness (QED) is 0.531. The first-order valence-corrected chi connectivity index (χ1v) is 14.0. The summed E-state index contributed by atoms with van der Waals surface area (Å²) in [5.41, 5.74) is 0.964. The van der Waals surface area contributed by atoms with Gasteiger partial charge >= 0.3 is 0 Å². The van der Waals surface area contributed by atoms with E-state index in [1.54, 1.807) is 43.3 Å². The molecule has 0 bridgehead atoms. The van der Waals surface area contributed by atoms with Crippen molar-refractivity contribution in [3.63, 3.8) is 0 Å². The van der Waals surface area contributed by atoms with E-state index in [1.165, 1.54) is 17.0 Å². The summed E-state index contributed by atoms with van der Waals surface area (Å²) in [6.07, 6.45) is 4.16. The first kappa shape index (κ1) is 26.2. The van der Waals surface area contributed by atoms with Crippen molar-refractivity contribution >= 4 is 39.3 Å². The molecule has 1 saturated carbocycles. The summed E-state index contributed by atoms with van der Waals surface area (Å²) < 4.78 is 26.4. The standard InChI is InChI=1S/C26H30ClN3O5S/c1-18(25(32)28-21-7-2-3-8-21)29(17-19-12-14-20(27)15-13-19)24(31)11-6-16-30-26(33)22-9-4-5-10-23(22)36(30,34)35/h4-5,9-10,12-15,18,21H,2-3,6-8,11,16-17H2,1H3,(H,28,32)/t18-/m1/s1. The molecule has 1 fully saturated rings. The van der Waals surface area contributed by atoms with Gasteiger partial charge in [-0.3, -0.25) is 14.4 Å². The van der Waals surface area contributed by atoms with Gasteiger partial charge in [0.05, 0.1) is 5.56 Å². The molecule has 36 heavy (non-hydrogen) atoms. The highest BCUT2D eigenvalue weighted by Crippen LogP contribution is 2.30. The van der Waals surface area contributed by atoms with Gasteiger partial charge in [-0.05, 0) is 56.0 Å². The number of rotatable bonds is 9. The summed E-state index contributed by atoms with van der Waals surface area (Å²) in [5, 5.41) is 3.62. The Bertz CT molecular complexity index is 1240. The smallest absolute Gasteiger partial charge is 0.269 e. The number of nitrogens with zero attached hydrogens (tertiary/aromatic N) is 2. The second kappa shape index (κ2) is 11.0. The van der Waals surface area contributed by atoms with Gasteiger partial charge in [0.25, 0.3) is 15.9 Å². The third-order valence-corrected chi connectivity index (χ3v) is 8.89. The average molecular weight is 532 g/mol. The highest BCUT2D eigenvalue weighted by Gasteiger charge is 2.40. The summed E-state index contributed by atoms with van der Waals surface area (Å²) in [6, 6.07) is 12.6. The zero-order valence-corrected chi connectivity index (χ0v) is 21.7. The molecule has 0 unspecified atom stereocenters. The second-order valence-corrected chi connectivity index (χ2v) is 11.6. The summed E-state index contributed by atoms with van der Waals surface area (Å²) in [5.74, 6) is -1.09. The van der Waals surface area contributed by atoms with Crippen LogP contribution in [0.3, 0.4) is 0 Å². The topological polar surface area (TPSA) is 104 Å². The van der Waals surface area contributed by atoms with Gasteiger partial charge < -0.3 is 10.2 Å². The van der Waals surface area contributed by atoms with Gasteiger partial charge in [0.2, 0.25) is 11.8 Å². The van der Waals surface area contributed by atoms with Gasteiger partial charge in [0, 0.05) is 30.6 Å². The van der Waals surface area contributed by atoms with Crippen LogP contribution in [0.15, 0.2) is 53.4 Å². The molecule has 1 atom stereocenters. The lowest BCUT2D eigenvalue weighted by Crippen LogP contribution is -2.49. The predicted octanol–water partition coefficient (Wildman–Crippen LogP) is 3.74. The molecule has 1 aliphatic carbocycles. The molecule has 3 amide bonds. The van der Waals surface area contributed by atoms with Crippen molar-refractivity contribution in [3.05, 3.63) is 64.7 Å². The summed E-state index contributed by atoms with van der Waals surface area (Å²) in [4.78, 5) is 40.4. The Morgan fingerprint density at radius 1 is 1.11 bits per heavy atom. The van der Waals surface area contributed by atoms with Crippen LogP contribution in [0.2, 0.25) is 5.02 Å². The van der Waals surface area contributed by atoms with Gasteiger partial charge in [-0.25, -0.2) is 12.7 Å². The minimum absolute atomic E-state index is 0.00964. The highest BCUT2D eigenvalue weighted by atomic mass is 35.5. The lowest BCUT2D eigenvalue weighted by Gasteiger charge is -2.30. The van der Waals surface area contributed by atoms with E-state index in [0.29, 0.717) is 5.02 Å². The van der Waals surface area contributed by atoms with E-state index in [0.717, 1.165) is 35.6 Å². The first-order valence-electron chi connectivity index (χ1n) is 12.2. The number of nitrogens with one attached hydrogen (secondary N) is 1. The molecule has 2 aromatic rings. The van der Waals surface area contributed by atoms with E-state index in [4.69, 9.17) is 11.6 Å². The maximum absolute atomic E-state index is 13.3. The zero-order chi connectivity index (χ0) is 25.9. The maximum atomic E-state index is 13.3. The molecule has 1 heterocycles. The van der Waals surface area contributed by atoms with Crippen molar-refractivity contribution in [1.82, 2.24) is 14.5 Å². The molecule has 0 saturated heterocycles. The van der Waals surface area contributed by atoms with Gasteiger partial charge in [-0.1, -0.05) is 48.7 Å². The molecule has 8 nitrogen and oxygen atoms in total. The van der Waals surface area contributed by atoms with E-state index in [1.807, 2.05) is 0 Å². The fraction of sp³-hybridized carbons (Fsp3) is 0.423. The SMILES string of the molecule is C[C@H](C(=O)NC1CCCC1)N(Cc1ccc(Cl)cc1)C(=O)CCCN1C(=O)c2ccccc2S1(=O)=O. The average Bonchev–Trinajstić information content (AvgIpc) is 3.44. The van der Waals surface area contributed by atoms with Crippen LogP contribution in [0.4, 0.5) is 0 Å². The number of hydrogen-bond donors (Lipinski definition) is 1. The van der Waals surface area contributed by atoms with Crippen molar-refractivity contribution in [2.75, 3.05) is 6.54 Å². The normalized spacial score (nSPS) is 17.6. The van der Waals surface area contributed by atoms with Crippen LogP contribution >= 0.6 is 11.6 Å². The third kappa shape index (κ3) is 5.57. The van der Waals surface area contributed by atoms with Gasteiger partial charge in [-0.15, -0.1) is 0 Å². The van der Waals surface area contributed by atoms with E-state index < -0.39 is 22.0 Å². The van der Waals surface area contributed by atoms with Crippen LogP contribution in [0.5, 0.6) is 0 Å². The van der Waals surface area contributed by atoms with Gasteiger partial charge in [-0.2, -0.15) is 0 Å². The molecular formula is C26H30ClN3O5S. The van der Waals surface area contributed by atoms with E-state index in [-0.39, 0.29) is 54.2 Å². The van der Waals surface area contributed by atoms with Crippen LogP contribution < -0.4 is 5.32 Å². The fourth-order valence-electron chi connectivity index (χ4n) is 4.73. The molecule has 1 N–H and O–H groups in total. The Morgan fingerprint density at radius 3 is 2.44 bits per heavy atom. The van der Waals surface area contributed by atoms with Gasteiger partial charge in [0.15, 0.2) is 0 Å². The Hall–Kier alpha value is -2.91. The van der Waals surface area contributed by atoms with Crippen molar-refractivity contribution < 1.29 is 22.8 Å². The lowest BCUT2D eigenvalue weighted by atomic mass is 10.1. The maximum Gasteiger partial charge on any atom is 0.269 e. The van der Waals surface area contributed by atoms with Crippen LogP contribution in [-0.4, -0.2) is 54.0 Å². The summed E-state index contributed by atoms with van der Waals surface area (Å²) in [7, 11) is -3.93. The van der Waals surface area contributed by atoms with Crippen molar-refractivity contribution in [2.24, 2.45) is 0 Å². The molecule has 10 heteroatoms. The first-order chi connectivity index (χ1) is 17.2. The molecule has 0 aromatic heterocycles. The number of amides is 3. The Balaban J connectivity index is 1.43. The second-order valence-electron chi connectivity index (χ2n) is 9.30. The monoisotopic (exact) mass is 531 g/mol. The molecule has 1 aliphatic heterocycles. The lowest BCUT2D eigenvalue weighted by molar-refractivity contribution is -0.141. The van der Waals surface area contributed by atoms with E-state index in [2.05, 4.69) is 5.32 Å². The van der Waals surface area contributed by atoms with Crippen molar-refractivity contribution in [2.45, 2.75) is 69.0 Å².